The number of hydrogen-bond acceptors (Lipinski definition) is 4. The van der Waals surface area contributed by atoms with E-state index < -0.39 is 10.0 Å². The molecule has 1 fully saturated rings. The van der Waals surface area contributed by atoms with E-state index in [1.54, 1.807) is 22.5 Å². The van der Waals surface area contributed by atoms with E-state index in [9.17, 15) is 8.42 Å². The number of aryl methyl sites for hydroxylation is 1. The number of nitrogens with one attached hydrogen (secondary N) is 2. The Morgan fingerprint density at radius 1 is 1.07 bits per heavy atom. The van der Waals surface area contributed by atoms with E-state index in [1.165, 1.54) is 7.11 Å². The van der Waals surface area contributed by atoms with Crippen molar-refractivity contribution in [1.29, 1.82) is 0 Å². The first-order chi connectivity index (χ1) is 13.4. The molecular weight excluding hydrogens is 394 g/mol. The second-order valence-electron chi connectivity index (χ2n) is 6.78. The Kier molecular flexibility index (Phi) is 6.53. The average Bonchev–Trinajstić information content (AvgIpc) is 2.68. The Hall–Kier alpha value is -2.16. The van der Waals surface area contributed by atoms with Crippen LogP contribution >= 0.6 is 12.2 Å². The number of anilines is 2. The van der Waals surface area contributed by atoms with Crippen LogP contribution in [0.4, 0.5) is 11.4 Å². The molecule has 1 aliphatic heterocycles. The first kappa shape index (κ1) is 20.6. The molecule has 2 aromatic carbocycles. The Morgan fingerprint density at radius 3 is 2.50 bits per heavy atom. The first-order valence-electron chi connectivity index (χ1n) is 9.23. The highest BCUT2D eigenvalue weighted by Gasteiger charge is 2.26. The molecule has 0 aromatic heterocycles. The summed E-state index contributed by atoms with van der Waals surface area (Å²) in [5.41, 5.74) is 2.47. The summed E-state index contributed by atoms with van der Waals surface area (Å²) in [5.74, 6) is 0.519. The van der Waals surface area contributed by atoms with E-state index in [0.717, 1.165) is 30.5 Å². The molecule has 150 valence electrons. The van der Waals surface area contributed by atoms with Crippen LogP contribution in [0, 0.1) is 6.92 Å². The third kappa shape index (κ3) is 4.81. The SMILES string of the molecule is COc1ccc(S(=O)(=O)N2CCCCC2)cc1NC(=S)Nc1cccc(C)c1. The fourth-order valence-corrected chi connectivity index (χ4v) is 4.98. The van der Waals surface area contributed by atoms with Gasteiger partial charge in [0, 0.05) is 18.8 Å². The normalized spacial score (nSPS) is 15.1. The maximum atomic E-state index is 13.0. The Bertz CT molecular complexity index is 955. The molecule has 3 rings (SSSR count). The molecule has 1 saturated heterocycles. The summed E-state index contributed by atoms with van der Waals surface area (Å²) >= 11 is 5.39. The minimum Gasteiger partial charge on any atom is -0.495 e. The number of sulfonamides is 1. The summed E-state index contributed by atoms with van der Waals surface area (Å²) in [4.78, 5) is 0.232. The molecule has 0 saturated carbocycles. The van der Waals surface area contributed by atoms with Crippen molar-refractivity contribution in [2.24, 2.45) is 0 Å². The molecule has 0 aliphatic carbocycles. The van der Waals surface area contributed by atoms with Gasteiger partial charge in [-0.05, 0) is 67.9 Å². The fourth-order valence-electron chi connectivity index (χ4n) is 3.21. The van der Waals surface area contributed by atoms with Crippen LogP contribution in [0.2, 0.25) is 0 Å². The third-order valence-corrected chi connectivity index (χ3v) is 6.75. The van der Waals surface area contributed by atoms with E-state index in [0.29, 0.717) is 29.6 Å². The van der Waals surface area contributed by atoms with E-state index in [4.69, 9.17) is 17.0 Å². The van der Waals surface area contributed by atoms with Crippen molar-refractivity contribution in [2.75, 3.05) is 30.8 Å². The third-order valence-electron chi connectivity index (χ3n) is 4.65. The van der Waals surface area contributed by atoms with Crippen molar-refractivity contribution < 1.29 is 13.2 Å². The van der Waals surface area contributed by atoms with Gasteiger partial charge in [-0.1, -0.05) is 18.6 Å². The summed E-state index contributed by atoms with van der Waals surface area (Å²) in [5, 5.41) is 6.52. The maximum Gasteiger partial charge on any atom is 0.243 e. The van der Waals surface area contributed by atoms with Crippen LogP contribution in [-0.4, -0.2) is 38.0 Å². The largest absolute Gasteiger partial charge is 0.495 e. The molecule has 0 spiro atoms. The number of piperidine rings is 1. The van der Waals surface area contributed by atoms with Crippen molar-refractivity contribution in [3.63, 3.8) is 0 Å². The van der Waals surface area contributed by atoms with Gasteiger partial charge in [-0.3, -0.25) is 0 Å². The van der Waals surface area contributed by atoms with Crippen LogP contribution in [0.25, 0.3) is 0 Å². The molecule has 0 radical (unpaired) electrons. The van der Waals surface area contributed by atoms with Gasteiger partial charge >= 0.3 is 0 Å². The quantitative estimate of drug-likeness (QED) is 0.714. The Balaban J connectivity index is 1.81. The van der Waals surface area contributed by atoms with Crippen LogP contribution in [0.3, 0.4) is 0 Å². The molecule has 6 nitrogen and oxygen atoms in total. The Labute approximate surface area is 171 Å². The van der Waals surface area contributed by atoms with E-state index >= 15 is 0 Å². The van der Waals surface area contributed by atoms with Gasteiger partial charge in [-0.25, -0.2) is 8.42 Å². The highest BCUT2D eigenvalue weighted by molar-refractivity contribution is 7.89. The molecule has 2 aromatic rings. The molecular formula is C20H25N3O3S2. The number of rotatable bonds is 5. The van der Waals surface area contributed by atoms with Crippen molar-refractivity contribution in [1.82, 2.24) is 4.31 Å². The molecule has 0 unspecified atom stereocenters. The highest BCUT2D eigenvalue weighted by Crippen LogP contribution is 2.30. The fraction of sp³-hybridized carbons (Fsp3) is 0.350. The summed E-state index contributed by atoms with van der Waals surface area (Å²) in [6.07, 6.45) is 2.86. The van der Waals surface area contributed by atoms with Crippen LogP contribution in [-0.2, 0) is 10.0 Å². The lowest BCUT2D eigenvalue weighted by Crippen LogP contribution is -2.35. The van der Waals surface area contributed by atoms with Gasteiger partial charge < -0.3 is 15.4 Å². The zero-order valence-electron chi connectivity index (χ0n) is 16.1. The standard InChI is InChI=1S/C20H25N3O3S2/c1-15-7-6-8-16(13-15)21-20(27)22-18-14-17(9-10-19(18)26-2)28(24,25)23-11-4-3-5-12-23/h6-10,13-14H,3-5,11-12H2,1-2H3,(H2,21,22,27). The molecule has 1 aliphatic rings. The van der Waals surface area contributed by atoms with E-state index in [2.05, 4.69) is 10.6 Å². The number of methoxy groups -OCH3 is 1. The minimum absolute atomic E-state index is 0.232. The van der Waals surface area contributed by atoms with Crippen molar-refractivity contribution in [3.8, 4) is 5.75 Å². The zero-order chi connectivity index (χ0) is 20.1. The van der Waals surface area contributed by atoms with Gasteiger partial charge in [-0.2, -0.15) is 4.31 Å². The topological polar surface area (TPSA) is 70.7 Å². The average molecular weight is 420 g/mol. The van der Waals surface area contributed by atoms with Crippen LogP contribution in [0.15, 0.2) is 47.4 Å². The van der Waals surface area contributed by atoms with E-state index in [1.807, 2.05) is 31.2 Å². The number of benzene rings is 2. The van der Waals surface area contributed by atoms with Crippen molar-refractivity contribution in [2.45, 2.75) is 31.1 Å². The number of thiocarbonyl (C=S) groups is 1. The molecule has 0 atom stereocenters. The summed E-state index contributed by atoms with van der Waals surface area (Å²) in [6.45, 7) is 3.12. The molecule has 28 heavy (non-hydrogen) atoms. The molecule has 0 bridgehead atoms. The lowest BCUT2D eigenvalue weighted by molar-refractivity contribution is 0.346. The van der Waals surface area contributed by atoms with E-state index in [-0.39, 0.29) is 4.90 Å². The molecule has 8 heteroatoms. The van der Waals surface area contributed by atoms with Crippen LogP contribution in [0.5, 0.6) is 5.75 Å². The first-order valence-corrected chi connectivity index (χ1v) is 11.1. The second kappa shape index (κ2) is 8.89. The zero-order valence-corrected chi connectivity index (χ0v) is 17.7. The van der Waals surface area contributed by atoms with Gasteiger partial charge in [0.05, 0.1) is 17.7 Å². The molecule has 1 heterocycles. The van der Waals surface area contributed by atoms with Gasteiger partial charge in [0.25, 0.3) is 0 Å². The smallest absolute Gasteiger partial charge is 0.243 e. The highest BCUT2D eigenvalue weighted by atomic mass is 32.2. The number of nitrogens with zero attached hydrogens (tertiary/aromatic N) is 1. The maximum absolute atomic E-state index is 13.0. The number of ether oxygens (including phenoxy) is 1. The Morgan fingerprint density at radius 2 is 1.82 bits per heavy atom. The minimum atomic E-state index is -3.54. The van der Waals surface area contributed by atoms with Gasteiger partial charge in [0.15, 0.2) is 5.11 Å². The summed E-state index contributed by atoms with van der Waals surface area (Å²) < 4.78 is 32.8. The molecule has 2 N–H and O–H groups in total. The van der Waals surface area contributed by atoms with Crippen molar-refractivity contribution in [3.05, 3.63) is 48.0 Å². The van der Waals surface area contributed by atoms with Gasteiger partial charge in [0.2, 0.25) is 10.0 Å². The monoisotopic (exact) mass is 419 g/mol. The van der Waals surface area contributed by atoms with Gasteiger partial charge in [0.1, 0.15) is 5.75 Å². The van der Waals surface area contributed by atoms with Crippen LogP contribution < -0.4 is 15.4 Å². The number of hydrogen-bond donors (Lipinski definition) is 2. The summed E-state index contributed by atoms with van der Waals surface area (Å²) in [6, 6.07) is 12.6. The van der Waals surface area contributed by atoms with Gasteiger partial charge in [-0.15, -0.1) is 0 Å². The van der Waals surface area contributed by atoms with Crippen LogP contribution in [0.1, 0.15) is 24.8 Å². The van der Waals surface area contributed by atoms with Crippen molar-refractivity contribution >= 4 is 38.7 Å². The lowest BCUT2D eigenvalue weighted by Gasteiger charge is -2.26. The predicted molar refractivity (Wildman–Crippen MR) is 117 cm³/mol. The molecule has 0 amide bonds. The second-order valence-corrected chi connectivity index (χ2v) is 9.12. The predicted octanol–water partition coefficient (Wildman–Crippen LogP) is 3.99. The lowest BCUT2D eigenvalue weighted by atomic mass is 10.2. The summed E-state index contributed by atoms with van der Waals surface area (Å²) in [7, 11) is -2.00.